The second-order valence-corrected chi connectivity index (χ2v) is 6.29. The predicted octanol–water partition coefficient (Wildman–Crippen LogP) is 2.12. The van der Waals surface area contributed by atoms with E-state index in [1.165, 1.54) is 11.1 Å². The van der Waals surface area contributed by atoms with Gasteiger partial charge in [-0.2, -0.15) is 0 Å². The summed E-state index contributed by atoms with van der Waals surface area (Å²) in [7, 11) is 1.57. The molecule has 5 heteroatoms. The smallest absolute Gasteiger partial charge is 0.253 e. The van der Waals surface area contributed by atoms with Crippen molar-refractivity contribution < 1.29 is 14.3 Å². The van der Waals surface area contributed by atoms with Gasteiger partial charge < -0.3 is 14.8 Å². The fourth-order valence-corrected chi connectivity index (χ4v) is 3.73. The summed E-state index contributed by atoms with van der Waals surface area (Å²) in [4.78, 5) is 14.7. The van der Waals surface area contributed by atoms with Gasteiger partial charge >= 0.3 is 0 Å². The molecule has 3 rings (SSSR count). The zero-order valence-corrected chi connectivity index (χ0v) is 14.0. The van der Waals surface area contributed by atoms with Crippen LogP contribution in [0, 0.1) is 0 Å². The summed E-state index contributed by atoms with van der Waals surface area (Å²) in [5, 5.41) is 2.74. The first kappa shape index (κ1) is 16.4. The Morgan fingerprint density at radius 1 is 1.48 bits per heavy atom. The van der Waals surface area contributed by atoms with E-state index >= 15 is 0 Å². The fraction of sp³-hybridized carbons (Fsp3) is 0.611. The van der Waals surface area contributed by atoms with E-state index in [0.29, 0.717) is 11.6 Å². The molecule has 0 radical (unpaired) electrons. The number of aryl methyl sites for hydroxylation is 1. The molecule has 1 aliphatic heterocycles. The first-order chi connectivity index (χ1) is 11.2. The van der Waals surface area contributed by atoms with E-state index in [1.807, 2.05) is 12.1 Å². The van der Waals surface area contributed by atoms with Crippen LogP contribution in [0.15, 0.2) is 18.2 Å². The number of benzene rings is 1. The van der Waals surface area contributed by atoms with Crippen molar-refractivity contribution in [3.05, 3.63) is 34.9 Å². The summed E-state index contributed by atoms with van der Waals surface area (Å²) in [6.07, 6.45) is 3.44. The lowest BCUT2D eigenvalue weighted by Crippen LogP contribution is -2.49. The molecule has 2 atom stereocenters. The fourth-order valence-electron chi connectivity index (χ4n) is 3.73. The lowest BCUT2D eigenvalue weighted by Gasteiger charge is -2.44. The van der Waals surface area contributed by atoms with Gasteiger partial charge in [-0.15, -0.1) is 0 Å². The summed E-state index contributed by atoms with van der Waals surface area (Å²) >= 11 is 0. The minimum Gasteiger partial charge on any atom is -0.371 e. The predicted molar refractivity (Wildman–Crippen MR) is 88.5 cm³/mol. The van der Waals surface area contributed by atoms with Crippen molar-refractivity contribution in [2.24, 2.45) is 0 Å². The highest BCUT2D eigenvalue weighted by Crippen LogP contribution is 2.38. The van der Waals surface area contributed by atoms with Crippen LogP contribution in [0.5, 0.6) is 0 Å². The SMILES string of the molecule is CCCN1CCO[C@@H]2c3cc(C(=O)NCOC)ccc3CC[C@H]21. The molecule has 5 nitrogen and oxygen atoms in total. The summed E-state index contributed by atoms with van der Waals surface area (Å²) in [5.74, 6) is -0.0991. The van der Waals surface area contributed by atoms with E-state index in [4.69, 9.17) is 9.47 Å². The Morgan fingerprint density at radius 3 is 3.13 bits per heavy atom. The summed E-state index contributed by atoms with van der Waals surface area (Å²) in [6, 6.07) is 6.42. The van der Waals surface area contributed by atoms with Crippen molar-refractivity contribution in [2.45, 2.75) is 38.3 Å². The molecule has 1 fully saturated rings. The maximum atomic E-state index is 12.2. The number of hydrogen-bond donors (Lipinski definition) is 1. The van der Waals surface area contributed by atoms with Crippen LogP contribution in [-0.2, 0) is 15.9 Å². The number of hydrogen-bond acceptors (Lipinski definition) is 4. The number of methoxy groups -OCH3 is 1. The Balaban J connectivity index is 1.83. The molecule has 126 valence electrons. The van der Waals surface area contributed by atoms with Crippen molar-refractivity contribution in [2.75, 3.05) is 33.5 Å². The Hall–Kier alpha value is -1.43. The molecule has 0 aromatic heterocycles. The summed E-state index contributed by atoms with van der Waals surface area (Å²) in [6.45, 7) is 5.34. The normalized spacial score (nSPS) is 23.9. The highest BCUT2D eigenvalue weighted by Gasteiger charge is 2.37. The molecule has 1 heterocycles. The molecule has 1 aliphatic carbocycles. The third-order valence-electron chi connectivity index (χ3n) is 4.81. The van der Waals surface area contributed by atoms with Gasteiger partial charge in [0.2, 0.25) is 0 Å². The van der Waals surface area contributed by atoms with Crippen molar-refractivity contribution in [1.29, 1.82) is 0 Å². The van der Waals surface area contributed by atoms with Gasteiger partial charge in [0.05, 0.1) is 12.7 Å². The highest BCUT2D eigenvalue weighted by atomic mass is 16.5. The van der Waals surface area contributed by atoms with E-state index in [2.05, 4.69) is 23.2 Å². The zero-order chi connectivity index (χ0) is 16.2. The molecule has 1 amide bonds. The number of nitrogens with zero attached hydrogens (tertiary/aromatic N) is 1. The minimum atomic E-state index is -0.0991. The molecule has 0 bridgehead atoms. The van der Waals surface area contributed by atoms with Crippen LogP contribution < -0.4 is 5.32 Å². The van der Waals surface area contributed by atoms with E-state index in [0.717, 1.165) is 39.0 Å². The number of nitrogens with one attached hydrogen (secondary N) is 1. The number of carbonyl (C=O) groups excluding carboxylic acids is 1. The Labute approximate surface area is 137 Å². The first-order valence-corrected chi connectivity index (χ1v) is 8.50. The van der Waals surface area contributed by atoms with E-state index in [-0.39, 0.29) is 18.7 Å². The Bertz CT molecular complexity index is 559. The monoisotopic (exact) mass is 318 g/mol. The molecule has 0 spiro atoms. The molecule has 23 heavy (non-hydrogen) atoms. The molecule has 2 aliphatic rings. The highest BCUT2D eigenvalue weighted by molar-refractivity contribution is 5.94. The number of fused-ring (bicyclic) bond motifs is 3. The number of rotatable bonds is 5. The van der Waals surface area contributed by atoms with Crippen LogP contribution >= 0.6 is 0 Å². The van der Waals surface area contributed by atoms with E-state index < -0.39 is 0 Å². The number of morpholine rings is 1. The van der Waals surface area contributed by atoms with Gasteiger partial charge in [0, 0.05) is 25.3 Å². The topological polar surface area (TPSA) is 50.8 Å². The third-order valence-corrected chi connectivity index (χ3v) is 4.81. The lowest BCUT2D eigenvalue weighted by molar-refractivity contribution is -0.0801. The van der Waals surface area contributed by atoms with Crippen LogP contribution in [-0.4, -0.2) is 50.4 Å². The summed E-state index contributed by atoms with van der Waals surface area (Å²) < 4.78 is 11.0. The number of amides is 1. The molecule has 0 unspecified atom stereocenters. The maximum absolute atomic E-state index is 12.2. The third kappa shape index (κ3) is 3.42. The van der Waals surface area contributed by atoms with Crippen LogP contribution in [0.3, 0.4) is 0 Å². The standard InChI is InChI=1S/C18H26N2O3/c1-3-8-20-9-10-23-17-15-11-14(18(21)19-12-22-2)5-4-13(15)6-7-16(17)20/h4-5,11,16-17H,3,6-10,12H2,1-2H3,(H,19,21)/t16-,17-/m1/s1. The molecule has 1 saturated heterocycles. The van der Waals surface area contributed by atoms with Gasteiger partial charge in [-0.1, -0.05) is 13.0 Å². The molecule has 1 aromatic rings. The van der Waals surface area contributed by atoms with Gasteiger partial charge in [0.1, 0.15) is 6.73 Å². The van der Waals surface area contributed by atoms with E-state index in [1.54, 1.807) is 7.11 Å². The van der Waals surface area contributed by atoms with Gasteiger partial charge in [0.25, 0.3) is 5.91 Å². The summed E-state index contributed by atoms with van der Waals surface area (Å²) in [5.41, 5.74) is 3.18. The van der Waals surface area contributed by atoms with Crippen molar-refractivity contribution in [3.63, 3.8) is 0 Å². The lowest BCUT2D eigenvalue weighted by atomic mass is 9.83. The van der Waals surface area contributed by atoms with Gasteiger partial charge in [0.15, 0.2) is 0 Å². The largest absolute Gasteiger partial charge is 0.371 e. The number of carbonyl (C=O) groups is 1. The van der Waals surface area contributed by atoms with Crippen molar-refractivity contribution in [1.82, 2.24) is 10.2 Å². The number of ether oxygens (including phenoxy) is 2. The van der Waals surface area contributed by atoms with Crippen LogP contribution in [0.2, 0.25) is 0 Å². The van der Waals surface area contributed by atoms with E-state index in [9.17, 15) is 4.79 Å². The Morgan fingerprint density at radius 2 is 2.35 bits per heavy atom. The molecular weight excluding hydrogens is 292 g/mol. The minimum absolute atomic E-state index is 0.0919. The average molecular weight is 318 g/mol. The second kappa shape index (κ2) is 7.43. The molecule has 1 aromatic carbocycles. The molecular formula is C18H26N2O3. The van der Waals surface area contributed by atoms with Crippen LogP contribution in [0.1, 0.15) is 47.4 Å². The molecule has 1 N–H and O–H groups in total. The van der Waals surface area contributed by atoms with Gasteiger partial charge in [-0.3, -0.25) is 9.69 Å². The second-order valence-electron chi connectivity index (χ2n) is 6.29. The van der Waals surface area contributed by atoms with Gasteiger partial charge in [-0.05, 0) is 49.1 Å². The molecule has 0 saturated carbocycles. The first-order valence-electron chi connectivity index (χ1n) is 8.50. The van der Waals surface area contributed by atoms with Crippen molar-refractivity contribution >= 4 is 5.91 Å². The maximum Gasteiger partial charge on any atom is 0.253 e. The Kier molecular flexibility index (Phi) is 5.30. The van der Waals surface area contributed by atoms with Crippen LogP contribution in [0.4, 0.5) is 0 Å². The average Bonchev–Trinajstić information content (AvgIpc) is 2.59. The van der Waals surface area contributed by atoms with Crippen LogP contribution in [0.25, 0.3) is 0 Å². The van der Waals surface area contributed by atoms with Gasteiger partial charge in [-0.25, -0.2) is 0 Å². The van der Waals surface area contributed by atoms with Crippen molar-refractivity contribution in [3.8, 4) is 0 Å². The zero-order valence-electron chi connectivity index (χ0n) is 14.0. The quantitative estimate of drug-likeness (QED) is 0.845.